The minimum absolute atomic E-state index is 0.259. The van der Waals surface area contributed by atoms with Gasteiger partial charge in [-0.05, 0) is 19.1 Å². The molecule has 0 spiro atoms. The van der Waals surface area contributed by atoms with Crippen LogP contribution in [0.1, 0.15) is 25.9 Å². The zero-order chi connectivity index (χ0) is 14.7. The van der Waals surface area contributed by atoms with Crippen molar-refractivity contribution in [2.45, 2.75) is 6.92 Å². The van der Waals surface area contributed by atoms with Crippen molar-refractivity contribution in [2.75, 3.05) is 19.1 Å². The molecule has 0 N–H and O–H groups in total. The molecule has 0 aliphatic rings. The summed E-state index contributed by atoms with van der Waals surface area (Å²) in [4.78, 5) is 29.6. The van der Waals surface area contributed by atoms with Crippen LogP contribution in [-0.2, 0) is 4.74 Å². The number of hydrogen-bond acceptors (Lipinski definition) is 5. The van der Waals surface area contributed by atoms with Crippen LogP contribution in [0.4, 0.5) is 5.69 Å². The van der Waals surface area contributed by atoms with E-state index in [1.54, 1.807) is 36.7 Å². The highest BCUT2D eigenvalue weighted by molar-refractivity contribution is 7.09. The molecule has 2 aromatic rings. The molecule has 1 amide bonds. The number of methoxy groups -OCH3 is 1. The maximum Gasteiger partial charge on any atom is 0.339 e. The van der Waals surface area contributed by atoms with Crippen LogP contribution in [-0.4, -0.2) is 31.0 Å². The Morgan fingerprint density at radius 1 is 1.30 bits per heavy atom. The summed E-state index contributed by atoms with van der Waals surface area (Å²) in [5.41, 5.74) is 1.21. The first-order chi connectivity index (χ1) is 9.54. The van der Waals surface area contributed by atoms with Crippen LogP contribution in [0.25, 0.3) is 0 Å². The number of ether oxygens (including phenoxy) is 1. The zero-order valence-corrected chi connectivity index (χ0v) is 12.2. The molecule has 1 aromatic carbocycles. The Hall–Kier alpha value is -2.21. The number of rotatable bonds is 3. The predicted molar refractivity (Wildman–Crippen MR) is 77.4 cm³/mol. The molecule has 1 heterocycles. The Labute approximate surface area is 120 Å². The largest absolute Gasteiger partial charge is 0.465 e. The Bertz CT molecular complexity index is 651. The van der Waals surface area contributed by atoms with Crippen LogP contribution in [0, 0.1) is 6.92 Å². The molecule has 0 atom stereocenters. The first kappa shape index (κ1) is 14.2. The van der Waals surface area contributed by atoms with Gasteiger partial charge in [0.05, 0.1) is 23.4 Å². The van der Waals surface area contributed by atoms with Crippen molar-refractivity contribution in [3.8, 4) is 0 Å². The number of carbonyl (C=O) groups is 2. The lowest BCUT2D eigenvalue weighted by Gasteiger charge is -2.18. The normalized spacial score (nSPS) is 10.2. The highest BCUT2D eigenvalue weighted by atomic mass is 32.1. The van der Waals surface area contributed by atoms with Crippen LogP contribution in [0.15, 0.2) is 29.6 Å². The summed E-state index contributed by atoms with van der Waals surface area (Å²) in [5, 5.41) is 2.53. The van der Waals surface area contributed by atoms with E-state index in [4.69, 9.17) is 4.74 Å². The fourth-order valence-electron chi connectivity index (χ4n) is 1.79. The quantitative estimate of drug-likeness (QED) is 0.815. The minimum Gasteiger partial charge on any atom is -0.465 e. The average Bonchev–Trinajstić information content (AvgIpc) is 2.91. The third kappa shape index (κ3) is 2.70. The number of carbonyl (C=O) groups excluding carboxylic acids is 2. The van der Waals surface area contributed by atoms with Gasteiger partial charge in [0, 0.05) is 12.4 Å². The maximum absolute atomic E-state index is 12.3. The summed E-state index contributed by atoms with van der Waals surface area (Å²) in [5.74, 6) is -0.736. The molecule has 1 aromatic heterocycles. The van der Waals surface area contributed by atoms with Gasteiger partial charge >= 0.3 is 5.97 Å². The standard InChI is InChI=1S/C14H14N2O3S/c1-9-15-11(8-20-9)13(17)16(2)12-7-5-4-6-10(12)14(18)19-3/h4-8H,1-3H3. The van der Waals surface area contributed by atoms with Gasteiger partial charge in [-0.2, -0.15) is 0 Å². The number of para-hydroxylation sites is 1. The number of anilines is 1. The summed E-state index contributed by atoms with van der Waals surface area (Å²) in [6.45, 7) is 1.84. The fraction of sp³-hybridized carbons (Fsp3) is 0.214. The van der Waals surface area contributed by atoms with Gasteiger partial charge in [0.2, 0.25) is 0 Å². The average molecular weight is 290 g/mol. The molecule has 0 saturated heterocycles. The van der Waals surface area contributed by atoms with Gasteiger partial charge in [0.15, 0.2) is 0 Å². The highest BCUT2D eigenvalue weighted by Crippen LogP contribution is 2.22. The molecule has 0 saturated carbocycles. The van der Waals surface area contributed by atoms with E-state index in [-0.39, 0.29) is 5.91 Å². The first-order valence-electron chi connectivity index (χ1n) is 5.92. The Morgan fingerprint density at radius 3 is 2.60 bits per heavy atom. The minimum atomic E-state index is -0.477. The number of hydrogen-bond donors (Lipinski definition) is 0. The number of thiazole rings is 1. The Morgan fingerprint density at radius 2 is 2.00 bits per heavy atom. The van der Waals surface area contributed by atoms with Gasteiger partial charge in [0.1, 0.15) is 5.69 Å². The molecule has 0 bridgehead atoms. The summed E-state index contributed by atoms with van der Waals surface area (Å²) < 4.78 is 4.73. The SMILES string of the molecule is COC(=O)c1ccccc1N(C)C(=O)c1csc(C)n1. The number of aromatic nitrogens is 1. The van der Waals surface area contributed by atoms with E-state index in [9.17, 15) is 9.59 Å². The Balaban J connectivity index is 2.36. The first-order valence-corrected chi connectivity index (χ1v) is 6.80. The van der Waals surface area contributed by atoms with E-state index in [1.807, 2.05) is 6.92 Å². The number of esters is 1. The molecular weight excluding hydrogens is 276 g/mol. The molecule has 20 heavy (non-hydrogen) atoms. The van der Waals surface area contributed by atoms with E-state index in [2.05, 4.69) is 4.98 Å². The van der Waals surface area contributed by atoms with Crippen molar-refractivity contribution in [3.05, 3.63) is 45.9 Å². The van der Waals surface area contributed by atoms with Crippen molar-refractivity contribution in [2.24, 2.45) is 0 Å². The molecule has 0 unspecified atom stereocenters. The van der Waals surface area contributed by atoms with Crippen molar-refractivity contribution in [1.82, 2.24) is 4.98 Å². The third-order valence-corrected chi connectivity index (χ3v) is 3.59. The molecule has 0 aliphatic carbocycles. The third-order valence-electron chi connectivity index (χ3n) is 2.81. The van der Waals surface area contributed by atoms with Crippen LogP contribution in [0.2, 0.25) is 0 Å². The van der Waals surface area contributed by atoms with E-state index >= 15 is 0 Å². The number of nitrogens with zero attached hydrogens (tertiary/aromatic N) is 2. The fourth-order valence-corrected chi connectivity index (χ4v) is 2.38. The second kappa shape index (κ2) is 5.83. The van der Waals surface area contributed by atoms with Crippen molar-refractivity contribution in [1.29, 1.82) is 0 Å². The van der Waals surface area contributed by atoms with Crippen molar-refractivity contribution >= 4 is 28.9 Å². The van der Waals surface area contributed by atoms with Gasteiger partial charge in [-0.15, -0.1) is 11.3 Å². The second-order valence-corrected chi connectivity index (χ2v) is 5.19. The molecule has 0 aliphatic heterocycles. The summed E-state index contributed by atoms with van der Waals surface area (Å²) in [6, 6.07) is 6.81. The van der Waals surface area contributed by atoms with Gasteiger partial charge in [-0.3, -0.25) is 4.79 Å². The predicted octanol–water partition coefficient (Wildman–Crippen LogP) is 2.51. The molecule has 2 rings (SSSR count). The van der Waals surface area contributed by atoms with Crippen molar-refractivity contribution in [3.63, 3.8) is 0 Å². The molecular formula is C14H14N2O3S. The number of benzene rings is 1. The molecule has 5 nitrogen and oxygen atoms in total. The van der Waals surface area contributed by atoms with Crippen LogP contribution >= 0.6 is 11.3 Å². The van der Waals surface area contributed by atoms with Crippen LogP contribution < -0.4 is 4.90 Å². The molecule has 0 fully saturated rings. The summed E-state index contributed by atoms with van der Waals surface area (Å²) >= 11 is 1.41. The second-order valence-electron chi connectivity index (χ2n) is 4.12. The van der Waals surface area contributed by atoms with E-state index in [0.717, 1.165) is 5.01 Å². The van der Waals surface area contributed by atoms with E-state index in [0.29, 0.717) is 16.9 Å². The lowest BCUT2D eigenvalue weighted by atomic mass is 10.1. The lowest BCUT2D eigenvalue weighted by Crippen LogP contribution is -2.28. The smallest absolute Gasteiger partial charge is 0.339 e. The summed E-state index contributed by atoms with van der Waals surface area (Å²) in [6.07, 6.45) is 0. The lowest BCUT2D eigenvalue weighted by molar-refractivity contribution is 0.0601. The molecule has 104 valence electrons. The van der Waals surface area contributed by atoms with E-state index in [1.165, 1.54) is 23.3 Å². The topological polar surface area (TPSA) is 59.5 Å². The molecule has 6 heteroatoms. The van der Waals surface area contributed by atoms with Gasteiger partial charge in [-0.1, -0.05) is 12.1 Å². The van der Waals surface area contributed by atoms with Crippen molar-refractivity contribution < 1.29 is 14.3 Å². The molecule has 0 radical (unpaired) electrons. The van der Waals surface area contributed by atoms with Gasteiger partial charge in [-0.25, -0.2) is 9.78 Å². The van der Waals surface area contributed by atoms with Gasteiger partial charge < -0.3 is 9.64 Å². The van der Waals surface area contributed by atoms with E-state index < -0.39 is 5.97 Å². The Kier molecular flexibility index (Phi) is 4.14. The highest BCUT2D eigenvalue weighted by Gasteiger charge is 2.21. The number of amides is 1. The monoisotopic (exact) mass is 290 g/mol. The van der Waals surface area contributed by atoms with Crippen LogP contribution in [0.3, 0.4) is 0 Å². The zero-order valence-electron chi connectivity index (χ0n) is 11.4. The van der Waals surface area contributed by atoms with Gasteiger partial charge in [0.25, 0.3) is 5.91 Å². The van der Waals surface area contributed by atoms with Crippen LogP contribution in [0.5, 0.6) is 0 Å². The summed E-state index contributed by atoms with van der Waals surface area (Å²) in [7, 11) is 2.92. The maximum atomic E-state index is 12.3. The number of aryl methyl sites for hydroxylation is 1.